The molecule has 0 aliphatic heterocycles. The molecule has 1 N–H and O–H groups in total. The van der Waals surface area contributed by atoms with Gasteiger partial charge in [-0.3, -0.25) is 9.48 Å². The van der Waals surface area contributed by atoms with Gasteiger partial charge in [-0.25, -0.2) is 9.37 Å². The van der Waals surface area contributed by atoms with E-state index in [9.17, 15) is 9.18 Å². The summed E-state index contributed by atoms with van der Waals surface area (Å²) in [5, 5.41) is 11.7. The van der Waals surface area contributed by atoms with Gasteiger partial charge in [-0.15, -0.1) is 0 Å². The summed E-state index contributed by atoms with van der Waals surface area (Å²) in [6.07, 6.45) is 5.46. The number of hydrogen-bond donors (Lipinski definition) is 1. The first-order valence-corrected chi connectivity index (χ1v) is 9.52. The third-order valence-electron chi connectivity index (χ3n) is 5.04. The molecule has 1 aliphatic rings. The molecule has 1 saturated carbocycles. The standard InChI is InChI=1S/C21H18FN5O2/c1-2-27-11-15(10-23-27)24-20(28)16-9-17(12-3-4-12)25-21-18(16)19(26-29-21)13-5-7-14(22)8-6-13/h5-12H,2-4H2,1H3,(H,24,28). The number of nitrogens with one attached hydrogen (secondary N) is 1. The zero-order valence-electron chi connectivity index (χ0n) is 15.7. The average molecular weight is 391 g/mol. The van der Waals surface area contributed by atoms with Crippen LogP contribution < -0.4 is 5.32 Å². The van der Waals surface area contributed by atoms with Gasteiger partial charge in [0.15, 0.2) is 0 Å². The van der Waals surface area contributed by atoms with Crippen LogP contribution in [0.3, 0.4) is 0 Å². The molecule has 8 heteroatoms. The largest absolute Gasteiger partial charge is 0.335 e. The van der Waals surface area contributed by atoms with Crippen molar-refractivity contribution in [2.75, 3.05) is 5.32 Å². The highest BCUT2D eigenvalue weighted by atomic mass is 19.1. The van der Waals surface area contributed by atoms with E-state index in [1.165, 1.54) is 12.1 Å². The second-order valence-corrected chi connectivity index (χ2v) is 7.13. The van der Waals surface area contributed by atoms with Gasteiger partial charge in [0.25, 0.3) is 11.6 Å². The van der Waals surface area contributed by atoms with Crippen molar-refractivity contribution >= 4 is 22.7 Å². The fourth-order valence-electron chi connectivity index (χ4n) is 3.34. The van der Waals surface area contributed by atoms with Gasteiger partial charge in [0.2, 0.25) is 0 Å². The number of carbonyl (C=O) groups excluding carboxylic acids is 1. The summed E-state index contributed by atoms with van der Waals surface area (Å²) < 4.78 is 20.5. The Labute approximate surface area is 165 Å². The number of hydrogen-bond acceptors (Lipinski definition) is 5. The molecule has 146 valence electrons. The number of amides is 1. The van der Waals surface area contributed by atoms with Gasteiger partial charge in [-0.2, -0.15) is 5.10 Å². The highest BCUT2D eigenvalue weighted by Crippen LogP contribution is 2.41. The topological polar surface area (TPSA) is 85.8 Å². The first-order chi connectivity index (χ1) is 14.1. The van der Waals surface area contributed by atoms with Crippen molar-refractivity contribution in [3.05, 3.63) is 59.8 Å². The highest BCUT2D eigenvalue weighted by Gasteiger charge is 2.29. The molecule has 1 fully saturated rings. The van der Waals surface area contributed by atoms with E-state index in [1.54, 1.807) is 29.2 Å². The first-order valence-electron chi connectivity index (χ1n) is 9.52. The smallest absolute Gasteiger partial charge is 0.259 e. The van der Waals surface area contributed by atoms with Crippen LogP contribution in [-0.2, 0) is 6.54 Å². The van der Waals surface area contributed by atoms with Crippen molar-refractivity contribution in [3.8, 4) is 11.3 Å². The lowest BCUT2D eigenvalue weighted by atomic mass is 10.0. The van der Waals surface area contributed by atoms with Crippen molar-refractivity contribution in [3.63, 3.8) is 0 Å². The zero-order chi connectivity index (χ0) is 20.0. The maximum absolute atomic E-state index is 13.3. The van der Waals surface area contributed by atoms with Gasteiger partial charge in [0, 0.05) is 29.9 Å². The quantitative estimate of drug-likeness (QED) is 0.546. The number of aromatic nitrogens is 4. The van der Waals surface area contributed by atoms with Crippen molar-refractivity contribution < 1.29 is 13.7 Å². The van der Waals surface area contributed by atoms with Gasteiger partial charge >= 0.3 is 0 Å². The molecule has 3 heterocycles. The Morgan fingerprint density at radius 1 is 1.31 bits per heavy atom. The molecule has 1 aliphatic carbocycles. The molecule has 7 nitrogen and oxygen atoms in total. The van der Waals surface area contributed by atoms with Crippen molar-refractivity contribution in [2.24, 2.45) is 0 Å². The SMILES string of the molecule is CCn1cc(NC(=O)c2cc(C3CC3)nc3onc(-c4ccc(F)cc4)c23)cn1. The lowest BCUT2D eigenvalue weighted by Gasteiger charge is -2.07. The van der Waals surface area contributed by atoms with Crippen molar-refractivity contribution in [1.82, 2.24) is 19.9 Å². The molecular formula is C21H18FN5O2. The van der Waals surface area contributed by atoms with Gasteiger partial charge in [0.05, 0.1) is 22.8 Å². The van der Waals surface area contributed by atoms with Crippen molar-refractivity contribution in [1.29, 1.82) is 0 Å². The summed E-state index contributed by atoms with van der Waals surface area (Å²) in [5.74, 6) is -0.295. The Morgan fingerprint density at radius 3 is 2.79 bits per heavy atom. The minimum atomic E-state index is -0.346. The summed E-state index contributed by atoms with van der Waals surface area (Å²) >= 11 is 0. The molecule has 0 unspecified atom stereocenters. The number of carbonyl (C=O) groups is 1. The molecule has 0 bridgehead atoms. The monoisotopic (exact) mass is 391 g/mol. The number of pyridine rings is 1. The lowest BCUT2D eigenvalue weighted by Crippen LogP contribution is -2.13. The number of benzene rings is 1. The van der Waals surface area contributed by atoms with Gasteiger partial charge in [-0.05, 0) is 50.1 Å². The van der Waals surface area contributed by atoms with Crippen LogP contribution in [0.2, 0.25) is 0 Å². The summed E-state index contributed by atoms with van der Waals surface area (Å²) in [7, 11) is 0. The Morgan fingerprint density at radius 2 is 2.10 bits per heavy atom. The average Bonchev–Trinajstić information content (AvgIpc) is 3.34. The van der Waals surface area contributed by atoms with Crippen LogP contribution in [0.4, 0.5) is 10.1 Å². The number of aryl methyl sites for hydroxylation is 1. The molecule has 0 saturated heterocycles. The van der Waals surface area contributed by atoms with Gasteiger partial charge in [0.1, 0.15) is 11.5 Å². The highest BCUT2D eigenvalue weighted by molar-refractivity contribution is 6.14. The molecule has 3 aromatic heterocycles. The predicted molar refractivity (Wildman–Crippen MR) is 105 cm³/mol. The zero-order valence-corrected chi connectivity index (χ0v) is 15.7. The number of nitrogens with zero attached hydrogens (tertiary/aromatic N) is 4. The summed E-state index contributed by atoms with van der Waals surface area (Å²) in [6.45, 7) is 2.68. The molecular weight excluding hydrogens is 373 g/mol. The molecule has 4 aromatic rings. The lowest BCUT2D eigenvalue weighted by molar-refractivity contribution is 0.102. The second-order valence-electron chi connectivity index (χ2n) is 7.13. The third-order valence-corrected chi connectivity index (χ3v) is 5.04. The van der Waals surface area contributed by atoms with Crippen LogP contribution in [0.15, 0.2) is 47.2 Å². The minimum absolute atomic E-state index is 0.290. The van der Waals surface area contributed by atoms with Crippen LogP contribution in [0, 0.1) is 5.82 Å². The van der Waals surface area contributed by atoms with E-state index in [1.807, 2.05) is 13.0 Å². The third kappa shape index (κ3) is 3.26. The van der Waals surface area contributed by atoms with Crippen molar-refractivity contribution in [2.45, 2.75) is 32.2 Å². The Balaban J connectivity index is 1.61. The second kappa shape index (κ2) is 6.80. The Bertz CT molecular complexity index is 1210. The summed E-state index contributed by atoms with van der Waals surface area (Å²) in [4.78, 5) is 17.7. The predicted octanol–water partition coefficient (Wildman–Crippen LogP) is 4.38. The van der Waals surface area contributed by atoms with E-state index in [0.29, 0.717) is 46.1 Å². The van der Waals surface area contributed by atoms with E-state index in [0.717, 1.165) is 18.5 Å². The van der Waals surface area contributed by atoms with Gasteiger partial charge in [-0.1, -0.05) is 5.16 Å². The van der Waals surface area contributed by atoms with Crippen LogP contribution >= 0.6 is 0 Å². The molecule has 0 atom stereocenters. The number of anilines is 1. The van der Waals surface area contributed by atoms with Gasteiger partial charge < -0.3 is 9.84 Å². The maximum atomic E-state index is 13.3. The number of fused-ring (bicyclic) bond motifs is 1. The van der Waals surface area contributed by atoms with E-state index >= 15 is 0 Å². The van der Waals surface area contributed by atoms with E-state index in [2.05, 4.69) is 20.6 Å². The number of rotatable bonds is 5. The molecule has 1 amide bonds. The summed E-state index contributed by atoms with van der Waals surface area (Å²) in [6, 6.07) is 7.72. The molecule has 5 rings (SSSR count). The van der Waals surface area contributed by atoms with Crippen LogP contribution in [-0.4, -0.2) is 25.8 Å². The van der Waals surface area contributed by atoms with E-state index < -0.39 is 0 Å². The number of halogens is 1. The maximum Gasteiger partial charge on any atom is 0.259 e. The molecule has 0 radical (unpaired) electrons. The Kier molecular flexibility index (Phi) is 4.12. The van der Waals surface area contributed by atoms with E-state index in [-0.39, 0.29) is 11.7 Å². The fraction of sp³-hybridized carbons (Fsp3) is 0.238. The Hall–Kier alpha value is -3.55. The van der Waals surface area contributed by atoms with E-state index in [4.69, 9.17) is 4.52 Å². The molecule has 1 aromatic carbocycles. The summed E-state index contributed by atoms with van der Waals surface area (Å²) in [5.41, 5.74) is 3.29. The molecule has 0 spiro atoms. The fourth-order valence-corrected chi connectivity index (χ4v) is 3.34. The molecule has 29 heavy (non-hydrogen) atoms. The first kappa shape index (κ1) is 17.5. The van der Waals surface area contributed by atoms with Crippen LogP contribution in [0.25, 0.3) is 22.4 Å². The normalized spacial score (nSPS) is 13.7. The minimum Gasteiger partial charge on any atom is -0.335 e. The van der Waals surface area contributed by atoms with Crippen LogP contribution in [0.5, 0.6) is 0 Å². The van der Waals surface area contributed by atoms with Crippen LogP contribution in [0.1, 0.15) is 41.7 Å².